The average Bonchev–Trinajstić information content (AvgIpc) is 2.49. The molecule has 0 aliphatic heterocycles. The van der Waals surface area contributed by atoms with Gasteiger partial charge < -0.3 is 4.74 Å². The fraction of sp³-hybridized carbons (Fsp3) is 0.571. The number of ether oxygens (including phenoxy) is 1. The van der Waals surface area contributed by atoms with E-state index in [9.17, 15) is 8.42 Å². The molecule has 20 heavy (non-hydrogen) atoms. The zero-order valence-electron chi connectivity index (χ0n) is 12.1. The molecule has 0 heterocycles. The van der Waals surface area contributed by atoms with Crippen LogP contribution in [-0.4, -0.2) is 27.4 Å². The van der Waals surface area contributed by atoms with Crippen molar-refractivity contribution in [3.05, 3.63) is 24.3 Å². The van der Waals surface area contributed by atoms with E-state index in [0.717, 1.165) is 18.2 Å². The molecule has 1 aromatic rings. The number of rotatable bonds is 8. The Hall–Kier alpha value is -0.590. The molecule has 0 amide bonds. The minimum absolute atomic E-state index is 0.0421. The highest BCUT2D eigenvalue weighted by atomic mass is 79.9. The van der Waals surface area contributed by atoms with Crippen LogP contribution in [-0.2, 0) is 10.0 Å². The van der Waals surface area contributed by atoms with Gasteiger partial charge >= 0.3 is 0 Å². The lowest BCUT2D eigenvalue weighted by molar-refractivity contribution is 0.309. The van der Waals surface area contributed by atoms with E-state index in [1.54, 1.807) is 31.4 Å². The van der Waals surface area contributed by atoms with Gasteiger partial charge in [0.15, 0.2) is 0 Å². The molecular formula is C14H22BrNO3S. The largest absolute Gasteiger partial charge is 0.497 e. The summed E-state index contributed by atoms with van der Waals surface area (Å²) in [7, 11) is -1.92. The second-order valence-electron chi connectivity index (χ2n) is 4.84. The van der Waals surface area contributed by atoms with Gasteiger partial charge in [0.25, 0.3) is 0 Å². The van der Waals surface area contributed by atoms with Crippen molar-refractivity contribution < 1.29 is 13.2 Å². The average molecular weight is 364 g/mol. The summed E-state index contributed by atoms with van der Waals surface area (Å²) in [5.74, 6) is 0.640. The third-order valence-electron chi connectivity index (χ3n) is 3.79. The van der Waals surface area contributed by atoms with Crippen LogP contribution in [0.3, 0.4) is 0 Å². The molecule has 0 saturated heterocycles. The molecule has 0 fully saturated rings. The number of nitrogens with one attached hydrogen (secondary N) is 1. The standard InChI is InChI=1S/C14H22BrNO3S/c1-4-14(5-2,10-15)11-16-20(17,18)13-8-6-12(19-3)7-9-13/h6-9,16H,4-5,10-11H2,1-3H3. The summed E-state index contributed by atoms with van der Waals surface area (Å²) < 4.78 is 32.3. The van der Waals surface area contributed by atoms with Crippen LogP contribution in [0.4, 0.5) is 0 Å². The van der Waals surface area contributed by atoms with Crippen molar-refractivity contribution in [1.29, 1.82) is 0 Å². The molecular weight excluding hydrogens is 342 g/mol. The summed E-state index contributed by atoms with van der Waals surface area (Å²) in [6.07, 6.45) is 1.83. The number of halogens is 1. The van der Waals surface area contributed by atoms with E-state index >= 15 is 0 Å². The predicted molar refractivity (Wildman–Crippen MR) is 85.0 cm³/mol. The maximum atomic E-state index is 12.3. The van der Waals surface area contributed by atoms with Gasteiger partial charge in [-0.05, 0) is 42.5 Å². The van der Waals surface area contributed by atoms with Crippen LogP contribution in [0.15, 0.2) is 29.2 Å². The van der Waals surface area contributed by atoms with E-state index in [1.165, 1.54) is 0 Å². The van der Waals surface area contributed by atoms with Crippen molar-refractivity contribution in [2.75, 3.05) is 19.0 Å². The number of sulfonamides is 1. The topological polar surface area (TPSA) is 55.4 Å². The summed E-state index contributed by atoms with van der Waals surface area (Å²) in [6, 6.07) is 6.39. The van der Waals surface area contributed by atoms with Gasteiger partial charge in [-0.3, -0.25) is 0 Å². The number of benzene rings is 1. The van der Waals surface area contributed by atoms with Crippen molar-refractivity contribution in [3.63, 3.8) is 0 Å². The van der Waals surface area contributed by atoms with Crippen LogP contribution in [0.1, 0.15) is 26.7 Å². The van der Waals surface area contributed by atoms with Gasteiger partial charge in [0.2, 0.25) is 10.0 Å². The van der Waals surface area contributed by atoms with Crippen LogP contribution in [0, 0.1) is 5.41 Å². The first kappa shape index (κ1) is 17.5. The lowest BCUT2D eigenvalue weighted by Gasteiger charge is -2.29. The minimum Gasteiger partial charge on any atom is -0.497 e. The van der Waals surface area contributed by atoms with E-state index in [4.69, 9.17) is 4.74 Å². The first-order valence-electron chi connectivity index (χ1n) is 6.62. The zero-order chi connectivity index (χ0) is 15.2. The molecule has 1 rings (SSSR count). The third-order valence-corrected chi connectivity index (χ3v) is 6.40. The molecule has 4 nitrogen and oxygen atoms in total. The molecule has 1 aromatic carbocycles. The van der Waals surface area contributed by atoms with Crippen LogP contribution < -0.4 is 9.46 Å². The highest BCUT2D eigenvalue weighted by molar-refractivity contribution is 9.09. The predicted octanol–water partition coefficient (Wildman–Crippen LogP) is 3.17. The highest BCUT2D eigenvalue weighted by Gasteiger charge is 2.27. The quantitative estimate of drug-likeness (QED) is 0.721. The van der Waals surface area contributed by atoms with E-state index in [-0.39, 0.29) is 10.3 Å². The fourth-order valence-electron chi connectivity index (χ4n) is 1.82. The van der Waals surface area contributed by atoms with Crippen LogP contribution in [0.2, 0.25) is 0 Å². The number of hydrogen-bond acceptors (Lipinski definition) is 3. The Labute approximate surface area is 130 Å². The molecule has 0 unspecified atom stereocenters. The van der Waals surface area contributed by atoms with Crippen LogP contribution >= 0.6 is 15.9 Å². The minimum atomic E-state index is -3.48. The Morgan fingerprint density at radius 3 is 2.15 bits per heavy atom. The molecule has 0 radical (unpaired) electrons. The van der Waals surface area contributed by atoms with Crippen molar-refractivity contribution in [3.8, 4) is 5.75 Å². The normalized spacial score (nSPS) is 12.4. The maximum Gasteiger partial charge on any atom is 0.240 e. The van der Waals surface area contributed by atoms with Gasteiger partial charge in [0.05, 0.1) is 12.0 Å². The molecule has 0 spiro atoms. The molecule has 0 saturated carbocycles. The fourth-order valence-corrected chi connectivity index (χ4v) is 3.97. The number of methoxy groups -OCH3 is 1. The van der Waals surface area contributed by atoms with Gasteiger partial charge in [0, 0.05) is 11.9 Å². The zero-order valence-corrected chi connectivity index (χ0v) is 14.6. The highest BCUT2D eigenvalue weighted by Crippen LogP contribution is 2.28. The van der Waals surface area contributed by atoms with Gasteiger partial charge in [-0.1, -0.05) is 29.8 Å². The number of hydrogen-bond donors (Lipinski definition) is 1. The molecule has 0 atom stereocenters. The van der Waals surface area contributed by atoms with E-state index in [2.05, 4.69) is 34.5 Å². The number of alkyl halides is 1. The molecule has 0 aliphatic carbocycles. The second kappa shape index (κ2) is 7.43. The maximum absolute atomic E-state index is 12.3. The van der Waals surface area contributed by atoms with Crippen LogP contribution in [0.5, 0.6) is 5.75 Å². The Morgan fingerprint density at radius 1 is 1.20 bits per heavy atom. The first-order chi connectivity index (χ1) is 9.43. The molecule has 0 aromatic heterocycles. The van der Waals surface area contributed by atoms with Crippen molar-refractivity contribution in [1.82, 2.24) is 4.72 Å². The Bertz CT molecular complexity index is 501. The third kappa shape index (κ3) is 4.20. The van der Waals surface area contributed by atoms with Gasteiger partial charge in [-0.2, -0.15) is 0 Å². The first-order valence-corrected chi connectivity index (χ1v) is 9.23. The summed E-state index contributed by atoms with van der Waals surface area (Å²) in [5.41, 5.74) is -0.0421. The van der Waals surface area contributed by atoms with Gasteiger partial charge in [-0.15, -0.1) is 0 Å². The van der Waals surface area contributed by atoms with Crippen LogP contribution in [0.25, 0.3) is 0 Å². The SMILES string of the molecule is CCC(CC)(CBr)CNS(=O)(=O)c1ccc(OC)cc1. The molecule has 0 aliphatic rings. The summed E-state index contributed by atoms with van der Waals surface area (Å²) in [5, 5.41) is 0.776. The summed E-state index contributed by atoms with van der Waals surface area (Å²) in [6.45, 7) is 4.58. The summed E-state index contributed by atoms with van der Waals surface area (Å²) in [4.78, 5) is 0.258. The Kier molecular flexibility index (Phi) is 6.48. The smallest absolute Gasteiger partial charge is 0.240 e. The van der Waals surface area contributed by atoms with Crippen molar-refractivity contribution >= 4 is 26.0 Å². The molecule has 6 heteroatoms. The van der Waals surface area contributed by atoms with Crippen molar-refractivity contribution in [2.45, 2.75) is 31.6 Å². The Balaban J connectivity index is 2.84. The summed E-state index contributed by atoms with van der Waals surface area (Å²) >= 11 is 3.48. The lowest BCUT2D eigenvalue weighted by atomic mass is 9.85. The lowest BCUT2D eigenvalue weighted by Crippen LogP contribution is -2.38. The molecule has 0 bridgehead atoms. The van der Waals surface area contributed by atoms with E-state index in [1.807, 2.05) is 0 Å². The Morgan fingerprint density at radius 2 is 1.75 bits per heavy atom. The van der Waals surface area contributed by atoms with Crippen molar-refractivity contribution in [2.24, 2.45) is 5.41 Å². The van der Waals surface area contributed by atoms with Gasteiger partial charge in [0.1, 0.15) is 5.75 Å². The second-order valence-corrected chi connectivity index (χ2v) is 7.17. The monoisotopic (exact) mass is 363 g/mol. The van der Waals surface area contributed by atoms with E-state index < -0.39 is 10.0 Å². The van der Waals surface area contributed by atoms with Gasteiger partial charge in [-0.25, -0.2) is 13.1 Å². The molecule has 114 valence electrons. The molecule has 1 N–H and O–H groups in total. The van der Waals surface area contributed by atoms with E-state index in [0.29, 0.717) is 12.3 Å².